The summed E-state index contributed by atoms with van der Waals surface area (Å²) in [6, 6.07) is 0. The van der Waals surface area contributed by atoms with E-state index in [0.717, 1.165) is 9.51 Å². The molecule has 0 radical (unpaired) electrons. The quantitative estimate of drug-likeness (QED) is 0.593. The van der Waals surface area contributed by atoms with E-state index in [1.165, 1.54) is 5.57 Å². The fraction of sp³-hybridized carbons (Fsp3) is 0.111. The van der Waals surface area contributed by atoms with Gasteiger partial charge in [0, 0.05) is 4.48 Å². The molecule has 0 fully saturated rings. The predicted octanol–water partition coefficient (Wildman–Crippen LogP) is 3.90. The summed E-state index contributed by atoms with van der Waals surface area (Å²) < 4.78 is 0.928. The Hall–Kier alpha value is -0.270. The molecule has 0 aromatic rings. The molecule has 0 N–H and O–H groups in total. The number of halogens is 2. The Kier molecular flexibility index (Phi) is 3.16. The summed E-state index contributed by atoms with van der Waals surface area (Å²) in [5, 5.41) is 0.730. The highest BCUT2D eigenvalue weighted by atomic mass is 79.9. The third-order valence-corrected chi connectivity index (χ3v) is 2.51. The van der Waals surface area contributed by atoms with Crippen molar-refractivity contribution in [3.63, 3.8) is 0 Å². The predicted molar refractivity (Wildman–Crippen MR) is 53.8 cm³/mol. The molecule has 0 nitrogen and oxygen atoms in total. The van der Waals surface area contributed by atoms with Crippen molar-refractivity contribution < 1.29 is 0 Å². The van der Waals surface area contributed by atoms with Crippen LogP contribution in [0.3, 0.4) is 0 Å². The van der Waals surface area contributed by atoms with E-state index < -0.39 is 0 Å². The molecule has 0 atom stereocenters. The molecule has 0 bridgehead atoms. The smallest absolute Gasteiger partial charge is 0.0548 e. The standard InChI is InChI=1S/C9H8BrCl/c1-7-4-2-3-5-9(11)8(10)6-7/h2-6H,1H3/b3-2?,4-2?,5-3-,7-4?,7-6?,8-6?,9-5?,9-8-. The lowest BCUT2D eigenvalue weighted by Crippen LogP contribution is -1.75. The first-order valence-electron chi connectivity index (χ1n) is 3.28. The highest BCUT2D eigenvalue weighted by Gasteiger charge is 1.95. The number of rotatable bonds is 0. The van der Waals surface area contributed by atoms with Gasteiger partial charge in [0.2, 0.25) is 0 Å². The van der Waals surface area contributed by atoms with Crippen LogP contribution < -0.4 is 0 Å². The lowest BCUT2D eigenvalue weighted by Gasteiger charge is -1.97. The van der Waals surface area contributed by atoms with Gasteiger partial charge < -0.3 is 0 Å². The van der Waals surface area contributed by atoms with Crippen LogP contribution in [0.4, 0.5) is 0 Å². The van der Waals surface area contributed by atoms with Gasteiger partial charge >= 0.3 is 0 Å². The van der Waals surface area contributed by atoms with Crippen LogP contribution in [0.15, 0.2) is 45.5 Å². The van der Waals surface area contributed by atoms with Crippen LogP contribution in [0, 0.1) is 0 Å². The zero-order valence-corrected chi connectivity index (χ0v) is 8.48. The van der Waals surface area contributed by atoms with Crippen LogP contribution in [-0.2, 0) is 0 Å². The minimum Gasteiger partial charge on any atom is -0.0831 e. The molecule has 11 heavy (non-hydrogen) atoms. The fourth-order valence-corrected chi connectivity index (χ4v) is 1.36. The monoisotopic (exact) mass is 230 g/mol. The Labute approximate surface area is 80.1 Å². The first-order valence-corrected chi connectivity index (χ1v) is 4.45. The molecule has 0 amide bonds. The van der Waals surface area contributed by atoms with Crippen molar-refractivity contribution >= 4 is 27.5 Å². The molecule has 58 valence electrons. The highest BCUT2D eigenvalue weighted by Crippen LogP contribution is 2.21. The topological polar surface area (TPSA) is 0 Å². The Bertz CT molecular complexity index is 269. The van der Waals surface area contributed by atoms with E-state index in [0.29, 0.717) is 0 Å². The lowest BCUT2D eigenvalue weighted by molar-refractivity contribution is 1.50. The van der Waals surface area contributed by atoms with E-state index in [9.17, 15) is 0 Å². The molecule has 0 spiro atoms. The van der Waals surface area contributed by atoms with Gasteiger partial charge in [0.25, 0.3) is 0 Å². The van der Waals surface area contributed by atoms with Crippen LogP contribution in [0.2, 0.25) is 0 Å². The maximum atomic E-state index is 5.88. The largest absolute Gasteiger partial charge is 0.0831 e. The van der Waals surface area contributed by atoms with Crippen molar-refractivity contribution in [2.45, 2.75) is 6.92 Å². The maximum absolute atomic E-state index is 5.88. The van der Waals surface area contributed by atoms with Crippen molar-refractivity contribution in [2.24, 2.45) is 0 Å². The number of allylic oxidation sites excluding steroid dienone is 8. The van der Waals surface area contributed by atoms with Gasteiger partial charge in [-0.1, -0.05) is 29.8 Å². The van der Waals surface area contributed by atoms with Gasteiger partial charge in [-0.2, -0.15) is 0 Å². The van der Waals surface area contributed by atoms with Gasteiger partial charge in [0.05, 0.1) is 5.03 Å². The van der Waals surface area contributed by atoms with Gasteiger partial charge in [-0.25, -0.2) is 0 Å². The van der Waals surface area contributed by atoms with Gasteiger partial charge in [-0.15, -0.1) is 0 Å². The van der Waals surface area contributed by atoms with Crippen molar-refractivity contribution in [2.75, 3.05) is 0 Å². The average Bonchev–Trinajstić information content (AvgIpc) is 1.95. The maximum Gasteiger partial charge on any atom is 0.0548 e. The summed E-state index contributed by atoms with van der Waals surface area (Å²) in [6.45, 7) is 2.03. The van der Waals surface area contributed by atoms with E-state index in [4.69, 9.17) is 11.6 Å². The number of hydrogen-bond acceptors (Lipinski definition) is 0. The Morgan fingerprint density at radius 1 is 1.27 bits per heavy atom. The van der Waals surface area contributed by atoms with Crippen LogP contribution in [0.1, 0.15) is 6.92 Å². The summed E-state index contributed by atoms with van der Waals surface area (Å²) in [4.78, 5) is 0. The van der Waals surface area contributed by atoms with Crippen molar-refractivity contribution in [3.8, 4) is 0 Å². The second-order valence-electron chi connectivity index (χ2n) is 2.30. The molecule has 0 unspecified atom stereocenters. The van der Waals surface area contributed by atoms with Crippen LogP contribution in [-0.4, -0.2) is 0 Å². The molecule has 0 aromatic heterocycles. The van der Waals surface area contributed by atoms with E-state index in [2.05, 4.69) is 15.9 Å². The molecule has 0 heterocycles. The summed E-state index contributed by atoms with van der Waals surface area (Å²) in [5.74, 6) is 0. The van der Waals surface area contributed by atoms with Gasteiger partial charge in [-0.05, 0) is 40.6 Å². The molecule has 0 aromatic carbocycles. The Morgan fingerprint density at radius 2 is 1.91 bits per heavy atom. The summed E-state index contributed by atoms with van der Waals surface area (Å²) in [5.41, 5.74) is 1.18. The molecule has 1 aliphatic rings. The van der Waals surface area contributed by atoms with Gasteiger partial charge in [-0.3, -0.25) is 0 Å². The van der Waals surface area contributed by atoms with Gasteiger partial charge in [0.1, 0.15) is 0 Å². The van der Waals surface area contributed by atoms with Gasteiger partial charge in [0.15, 0.2) is 0 Å². The zero-order valence-electron chi connectivity index (χ0n) is 6.14. The molecular weight excluding hydrogens is 223 g/mol. The minimum absolute atomic E-state index is 0.730. The van der Waals surface area contributed by atoms with Crippen molar-refractivity contribution in [1.29, 1.82) is 0 Å². The van der Waals surface area contributed by atoms with E-state index in [-0.39, 0.29) is 0 Å². The molecule has 2 heteroatoms. The highest BCUT2D eigenvalue weighted by molar-refractivity contribution is 9.12. The van der Waals surface area contributed by atoms with E-state index >= 15 is 0 Å². The zero-order chi connectivity index (χ0) is 8.27. The van der Waals surface area contributed by atoms with Crippen LogP contribution in [0.5, 0.6) is 0 Å². The second kappa shape index (κ2) is 3.93. The Morgan fingerprint density at radius 3 is 2.64 bits per heavy atom. The summed E-state index contributed by atoms with van der Waals surface area (Å²) in [7, 11) is 0. The van der Waals surface area contributed by atoms with E-state index in [1.807, 2.05) is 37.3 Å². The van der Waals surface area contributed by atoms with Crippen molar-refractivity contribution in [3.05, 3.63) is 45.5 Å². The molecule has 1 rings (SSSR count). The SMILES string of the molecule is CC1=C/C(Br)=C(Cl)\C=C/C=C1. The first kappa shape index (κ1) is 8.82. The van der Waals surface area contributed by atoms with Crippen LogP contribution >= 0.6 is 27.5 Å². The number of hydrogen-bond donors (Lipinski definition) is 0. The average molecular weight is 232 g/mol. The molecule has 0 aliphatic heterocycles. The molecule has 1 aliphatic carbocycles. The summed E-state index contributed by atoms with van der Waals surface area (Å²) >= 11 is 9.24. The first-order chi connectivity index (χ1) is 5.20. The van der Waals surface area contributed by atoms with Crippen molar-refractivity contribution in [1.82, 2.24) is 0 Å². The summed E-state index contributed by atoms with van der Waals surface area (Å²) in [6.07, 6.45) is 9.75. The third kappa shape index (κ3) is 2.68. The fourth-order valence-electron chi connectivity index (χ4n) is 0.744. The lowest BCUT2D eigenvalue weighted by atomic mass is 10.2. The third-order valence-electron chi connectivity index (χ3n) is 1.30. The minimum atomic E-state index is 0.730. The normalized spacial score (nSPS) is 27.4. The van der Waals surface area contributed by atoms with E-state index in [1.54, 1.807) is 0 Å². The molecule has 0 saturated carbocycles. The second-order valence-corrected chi connectivity index (χ2v) is 3.56. The van der Waals surface area contributed by atoms with Crippen LogP contribution in [0.25, 0.3) is 0 Å². The molecular formula is C9H8BrCl. The Balaban J connectivity index is 3.04. The molecule has 0 saturated heterocycles.